The number of benzene rings is 2. The van der Waals surface area contributed by atoms with Crippen LogP contribution in [-0.4, -0.2) is 36.1 Å². The fourth-order valence-electron chi connectivity index (χ4n) is 3.50. The molecule has 0 saturated carbocycles. The van der Waals surface area contributed by atoms with E-state index in [9.17, 15) is 14.7 Å². The van der Waals surface area contributed by atoms with Crippen molar-refractivity contribution >= 4 is 24.3 Å². The van der Waals surface area contributed by atoms with Gasteiger partial charge in [0.25, 0.3) is 0 Å². The molecule has 2 aromatic carbocycles. The number of nitrogens with one attached hydrogen (secondary N) is 2. The summed E-state index contributed by atoms with van der Waals surface area (Å²) in [5.41, 5.74) is 1.92. The van der Waals surface area contributed by atoms with Crippen LogP contribution < -0.4 is 15.4 Å². The molecule has 162 valence electrons. The van der Waals surface area contributed by atoms with Gasteiger partial charge in [0.05, 0.1) is 0 Å². The summed E-state index contributed by atoms with van der Waals surface area (Å²) in [7, 11) is 0. The normalized spacial score (nSPS) is 14.9. The summed E-state index contributed by atoms with van der Waals surface area (Å²) in [5, 5.41) is 15.5. The fraction of sp³-hybridized carbons (Fsp3) is 0.391. The highest BCUT2D eigenvalue weighted by molar-refractivity contribution is 5.85. The van der Waals surface area contributed by atoms with Crippen LogP contribution in [0.25, 0.3) is 0 Å². The van der Waals surface area contributed by atoms with Gasteiger partial charge in [0.15, 0.2) is 0 Å². The minimum Gasteiger partial charge on any atom is -0.489 e. The maximum Gasteiger partial charge on any atom is 0.326 e. The van der Waals surface area contributed by atoms with E-state index < -0.39 is 12.0 Å². The lowest BCUT2D eigenvalue weighted by atomic mass is 9.94. The van der Waals surface area contributed by atoms with Gasteiger partial charge in [-0.2, -0.15) is 0 Å². The van der Waals surface area contributed by atoms with Crippen molar-refractivity contribution in [1.82, 2.24) is 10.6 Å². The molecule has 1 atom stereocenters. The first-order valence-corrected chi connectivity index (χ1v) is 10.1. The van der Waals surface area contributed by atoms with Crippen LogP contribution in [0.15, 0.2) is 54.6 Å². The number of hydrogen-bond acceptors (Lipinski definition) is 4. The number of aliphatic carboxylic acids is 1. The van der Waals surface area contributed by atoms with Gasteiger partial charge in [-0.1, -0.05) is 42.5 Å². The van der Waals surface area contributed by atoms with Crippen molar-refractivity contribution in [2.75, 3.05) is 13.1 Å². The number of carbonyl (C=O) groups excluding carboxylic acids is 1. The van der Waals surface area contributed by atoms with Gasteiger partial charge in [0.2, 0.25) is 5.91 Å². The number of piperidine rings is 1. The molecule has 1 heterocycles. The number of carboxylic acid groups (broad SMARTS) is 1. The predicted molar refractivity (Wildman–Crippen MR) is 118 cm³/mol. The van der Waals surface area contributed by atoms with Gasteiger partial charge < -0.3 is 20.5 Å². The van der Waals surface area contributed by atoms with Crippen molar-refractivity contribution in [3.63, 3.8) is 0 Å². The van der Waals surface area contributed by atoms with E-state index in [1.54, 1.807) is 0 Å². The highest BCUT2D eigenvalue weighted by Gasteiger charge is 2.23. The number of rotatable bonds is 9. The molecule has 2 aromatic rings. The lowest BCUT2D eigenvalue weighted by Gasteiger charge is -2.23. The van der Waals surface area contributed by atoms with Crippen LogP contribution in [0.3, 0.4) is 0 Å². The number of carbonyl (C=O) groups is 2. The van der Waals surface area contributed by atoms with E-state index in [2.05, 4.69) is 10.6 Å². The molecule has 1 aliphatic heterocycles. The van der Waals surface area contributed by atoms with Crippen molar-refractivity contribution < 1.29 is 19.4 Å². The third kappa shape index (κ3) is 7.69. The lowest BCUT2D eigenvalue weighted by Crippen LogP contribution is -2.43. The highest BCUT2D eigenvalue weighted by Crippen LogP contribution is 2.17. The summed E-state index contributed by atoms with van der Waals surface area (Å²) in [6, 6.07) is 16.3. The van der Waals surface area contributed by atoms with E-state index in [-0.39, 0.29) is 24.7 Å². The Morgan fingerprint density at radius 2 is 1.70 bits per heavy atom. The van der Waals surface area contributed by atoms with E-state index in [0.29, 0.717) is 18.9 Å². The van der Waals surface area contributed by atoms with E-state index in [0.717, 1.165) is 42.8 Å². The van der Waals surface area contributed by atoms with Crippen molar-refractivity contribution in [2.24, 2.45) is 5.92 Å². The second-order valence-corrected chi connectivity index (χ2v) is 7.48. The van der Waals surface area contributed by atoms with Gasteiger partial charge in [-0.3, -0.25) is 4.79 Å². The van der Waals surface area contributed by atoms with Crippen molar-refractivity contribution in [3.8, 4) is 5.75 Å². The first-order valence-electron chi connectivity index (χ1n) is 10.1. The van der Waals surface area contributed by atoms with Gasteiger partial charge in [0.1, 0.15) is 18.4 Å². The molecule has 1 saturated heterocycles. The Bertz CT molecular complexity index is 793. The summed E-state index contributed by atoms with van der Waals surface area (Å²) in [6.07, 6.45) is 2.54. The number of amides is 1. The molecule has 1 aliphatic rings. The van der Waals surface area contributed by atoms with Gasteiger partial charge in [-0.25, -0.2) is 4.79 Å². The standard InChI is InChI=1S/C23H28N2O4.ClH/c26-22(15-18-10-12-24-13-11-18)25-21(23(27)28)14-17-6-8-20(9-7-17)29-16-19-4-2-1-3-5-19;/h1-9,18,21,24H,10-16H2,(H,25,26)(H,27,28);1H. The summed E-state index contributed by atoms with van der Waals surface area (Å²) < 4.78 is 5.76. The average molecular weight is 433 g/mol. The fourth-order valence-corrected chi connectivity index (χ4v) is 3.50. The Kier molecular flexibility index (Phi) is 9.64. The zero-order valence-corrected chi connectivity index (χ0v) is 17.7. The molecule has 3 rings (SSSR count). The molecule has 0 aromatic heterocycles. The average Bonchev–Trinajstić information content (AvgIpc) is 2.74. The van der Waals surface area contributed by atoms with Crippen LogP contribution in [0, 0.1) is 5.92 Å². The number of halogens is 1. The quantitative estimate of drug-likeness (QED) is 0.566. The minimum absolute atomic E-state index is 0. The number of ether oxygens (including phenoxy) is 1. The summed E-state index contributed by atoms with van der Waals surface area (Å²) >= 11 is 0. The van der Waals surface area contributed by atoms with Crippen LogP contribution in [0.5, 0.6) is 5.75 Å². The first-order chi connectivity index (χ1) is 14.1. The predicted octanol–water partition coefficient (Wildman–Crippen LogP) is 3.19. The van der Waals surface area contributed by atoms with Crippen molar-refractivity contribution in [3.05, 3.63) is 65.7 Å². The molecular weight excluding hydrogens is 404 g/mol. The van der Waals surface area contributed by atoms with E-state index in [4.69, 9.17) is 4.74 Å². The van der Waals surface area contributed by atoms with Crippen LogP contribution >= 0.6 is 12.4 Å². The molecule has 1 amide bonds. The molecule has 0 bridgehead atoms. The molecule has 0 spiro atoms. The largest absolute Gasteiger partial charge is 0.489 e. The van der Waals surface area contributed by atoms with E-state index >= 15 is 0 Å². The number of hydrogen-bond donors (Lipinski definition) is 3. The Morgan fingerprint density at radius 3 is 2.33 bits per heavy atom. The Morgan fingerprint density at radius 1 is 1.03 bits per heavy atom. The first kappa shape index (κ1) is 23.7. The molecule has 1 fully saturated rings. The Balaban J connectivity index is 0.00000320. The monoisotopic (exact) mass is 432 g/mol. The molecule has 30 heavy (non-hydrogen) atoms. The van der Waals surface area contributed by atoms with Crippen molar-refractivity contribution in [2.45, 2.75) is 38.3 Å². The van der Waals surface area contributed by atoms with Gasteiger partial charge in [-0.15, -0.1) is 12.4 Å². The molecule has 3 N–H and O–H groups in total. The van der Waals surface area contributed by atoms with Gasteiger partial charge in [-0.05, 0) is 55.1 Å². The zero-order valence-electron chi connectivity index (χ0n) is 16.9. The zero-order chi connectivity index (χ0) is 20.5. The van der Waals surface area contributed by atoms with Crippen LogP contribution in [-0.2, 0) is 22.6 Å². The third-order valence-electron chi connectivity index (χ3n) is 5.18. The lowest BCUT2D eigenvalue weighted by molar-refractivity contribution is -0.142. The van der Waals surface area contributed by atoms with E-state index in [1.807, 2.05) is 54.6 Å². The maximum atomic E-state index is 12.3. The van der Waals surface area contributed by atoms with E-state index in [1.165, 1.54) is 0 Å². The molecule has 0 aliphatic carbocycles. The summed E-state index contributed by atoms with van der Waals surface area (Å²) in [6.45, 7) is 2.31. The molecule has 0 radical (unpaired) electrons. The molecule has 6 nitrogen and oxygen atoms in total. The third-order valence-corrected chi connectivity index (χ3v) is 5.18. The SMILES string of the molecule is Cl.O=C(CC1CCNCC1)NC(Cc1ccc(OCc2ccccc2)cc1)C(=O)O. The minimum atomic E-state index is -1.02. The Hall–Kier alpha value is -2.57. The Labute approximate surface area is 183 Å². The highest BCUT2D eigenvalue weighted by atomic mass is 35.5. The van der Waals surface area contributed by atoms with Gasteiger partial charge >= 0.3 is 5.97 Å². The topological polar surface area (TPSA) is 87.7 Å². The second-order valence-electron chi connectivity index (χ2n) is 7.48. The summed E-state index contributed by atoms with van der Waals surface area (Å²) in [5.74, 6) is -0.161. The van der Waals surface area contributed by atoms with Crippen LogP contribution in [0.2, 0.25) is 0 Å². The van der Waals surface area contributed by atoms with Crippen LogP contribution in [0.4, 0.5) is 0 Å². The van der Waals surface area contributed by atoms with Crippen LogP contribution in [0.1, 0.15) is 30.4 Å². The number of carboxylic acids is 1. The molecule has 1 unspecified atom stereocenters. The smallest absolute Gasteiger partial charge is 0.326 e. The summed E-state index contributed by atoms with van der Waals surface area (Å²) in [4.78, 5) is 23.9. The maximum absolute atomic E-state index is 12.3. The second kappa shape index (κ2) is 12.2. The molecule has 7 heteroatoms. The van der Waals surface area contributed by atoms with Crippen molar-refractivity contribution in [1.29, 1.82) is 0 Å². The molecular formula is C23H29ClN2O4. The van der Waals surface area contributed by atoms with Gasteiger partial charge in [0, 0.05) is 12.8 Å².